The van der Waals surface area contributed by atoms with Gasteiger partial charge >= 0.3 is 6.09 Å². The van der Waals surface area contributed by atoms with E-state index in [1.165, 1.54) is 5.56 Å². The van der Waals surface area contributed by atoms with Crippen LogP contribution in [0, 0.1) is 0 Å². The van der Waals surface area contributed by atoms with Crippen molar-refractivity contribution in [2.45, 2.75) is 57.0 Å². The molecule has 1 aromatic carbocycles. The van der Waals surface area contributed by atoms with E-state index in [0.29, 0.717) is 13.1 Å². The van der Waals surface area contributed by atoms with Gasteiger partial charge in [-0.15, -0.1) is 0 Å². The fraction of sp³-hybridized carbons (Fsp3) is 0.600. The largest absolute Gasteiger partial charge is 0.444 e. The Morgan fingerprint density at radius 3 is 2.48 bits per heavy atom. The van der Waals surface area contributed by atoms with Gasteiger partial charge in [0.05, 0.1) is 0 Å². The summed E-state index contributed by atoms with van der Waals surface area (Å²) in [6.45, 7) is 6.45. The van der Waals surface area contributed by atoms with Crippen molar-refractivity contribution in [3.05, 3.63) is 35.4 Å². The molecule has 25 heavy (non-hydrogen) atoms. The summed E-state index contributed by atoms with van der Waals surface area (Å²) in [7, 11) is 0. The number of aliphatic hydroxyl groups is 1. The first-order chi connectivity index (χ1) is 11.8. The summed E-state index contributed by atoms with van der Waals surface area (Å²) in [6, 6.07) is 8.06. The van der Waals surface area contributed by atoms with E-state index in [0.717, 1.165) is 24.8 Å². The van der Waals surface area contributed by atoms with Crippen molar-refractivity contribution in [2.75, 3.05) is 19.7 Å². The molecule has 1 aromatic rings. The average molecular weight is 345 g/mol. The highest BCUT2D eigenvalue weighted by Gasteiger charge is 2.47. The predicted molar refractivity (Wildman–Crippen MR) is 94.6 cm³/mol. The quantitative estimate of drug-likeness (QED) is 0.895. The maximum Gasteiger partial charge on any atom is 0.410 e. The summed E-state index contributed by atoms with van der Waals surface area (Å²) in [5.74, 6) is -0.340. The summed E-state index contributed by atoms with van der Waals surface area (Å²) in [6.07, 6.45) is 2.10. The lowest BCUT2D eigenvalue weighted by molar-refractivity contribution is -0.123. The van der Waals surface area contributed by atoms with Gasteiger partial charge in [0.2, 0.25) is 0 Å². The second-order valence-corrected chi connectivity index (χ2v) is 8.22. The van der Waals surface area contributed by atoms with E-state index in [2.05, 4.69) is 6.07 Å². The van der Waals surface area contributed by atoms with Crippen molar-refractivity contribution < 1.29 is 19.4 Å². The van der Waals surface area contributed by atoms with Crippen LogP contribution in [-0.4, -0.2) is 47.2 Å². The van der Waals surface area contributed by atoms with Gasteiger partial charge in [-0.2, -0.15) is 0 Å². The van der Waals surface area contributed by atoms with Gasteiger partial charge in [0.25, 0.3) is 0 Å². The molecule has 1 amide bonds. The fourth-order valence-electron chi connectivity index (χ4n) is 4.21. The lowest BCUT2D eigenvalue weighted by Gasteiger charge is -2.40. The first kappa shape index (κ1) is 17.9. The molecule has 0 bridgehead atoms. The summed E-state index contributed by atoms with van der Waals surface area (Å²) in [5.41, 5.74) is 1.69. The first-order valence-electron chi connectivity index (χ1n) is 8.97. The van der Waals surface area contributed by atoms with Crippen molar-refractivity contribution in [3.8, 4) is 0 Å². The van der Waals surface area contributed by atoms with Crippen molar-refractivity contribution >= 4 is 11.9 Å². The van der Waals surface area contributed by atoms with E-state index in [1.54, 1.807) is 4.90 Å². The Morgan fingerprint density at radius 1 is 1.24 bits per heavy atom. The zero-order valence-electron chi connectivity index (χ0n) is 15.2. The Balaban J connectivity index is 1.77. The monoisotopic (exact) mass is 345 g/mol. The van der Waals surface area contributed by atoms with E-state index < -0.39 is 12.2 Å². The Kier molecular flexibility index (Phi) is 4.62. The molecule has 3 rings (SSSR count). The number of ketones is 1. The Hall–Kier alpha value is -1.88. The molecule has 0 unspecified atom stereocenters. The van der Waals surface area contributed by atoms with Crippen LogP contribution in [-0.2, 0) is 14.9 Å². The molecule has 1 aliphatic carbocycles. The maximum absolute atomic E-state index is 12.3. The van der Waals surface area contributed by atoms with Gasteiger partial charge in [0.1, 0.15) is 12.2 Å². The van der Waals surface area contributed by atoms with Crippen LogP contribution in [0.1, 0.15) is 57.1 Å². The number of carbonyl (C=O) groups is 2. The summed E-state index contributed by atoms with van der Waals surface area (Å²) >= 11 is 0. The number of ether oxygens (including phenoxy) is 1. The van der Waals surface area contributed by atoms with Gasteiger partial charge in [-0.1, -0.05) is 24.3 Å². The molecule has 1 aliphatic heterocycles. The van der Waals surface area contributed by atoms with Crippen LogP contribution < -0.4 is 0 Å². The highest BCUT2D eigenvalue weighted by Crippen LogP contribution is 2.51. The molecule has 5 nitrogen and oxygen atoms in total. The van der Waals surface area contributed by atoms with Crippen molar-refractivity contribution in [2.24, 2.45) is 0 Å². The number of likely N-dealkylation sites (tertiary alicyclic amines) is 1. The number of benzene rings is 1. The topological polar surface area (TPSA) is 66.8 Å². The third-order valence-electron chi connectivity index (χ3n) is 5.42. The molecular weight excluding hydrogens is 318 g/mol. The zero-order valence-corrected chi connectivity index (χ0v) is 15.2. The fourth-order valence-corrected chi connectivity index (χ4v) is 4.21. The molecule has 2 aliphatic rings. The number of rotatable bonds is 2. The second kappa shape index (κ2) is 6.45. The van der Waals surface area contributed by atoms with Crippen molar-refractivity contribution in [3.63, 3.8) is 0 Å². The van der Waals surface area contributed by atoms with E-state index in [4.69, 9.17) is 4.74 Å². The minimum absolute atomic E-state index is 0.0788. The average Bonchev–Trinajstić information content (AvgIpc) is 2.88. The Bertz CT molecular complexity index is 669. The van der Waals surface area contributed by atoms with Crippen LogP contribution in [0.2, 0.25) is 0 Å². The second-order valence-electron chi connectivity index (χ2n) is 8.22. The first-order valence-corrected chi connectivity index (χ1v) is 8.97. The molecular formula is C20H27NO4. The van der Waals surface area contributed by atoms with Crippen LogP contribution in [0.3, 0.4) is 0 Å². The van der Waals surface area contributed by atoms with Crippen LogP contribution in [0.4, 0.5) is 4.79 Å². The molecule has 1 atom stereocenters. The minimum atomic E-state index is -0.495. The van der Waals surface area contributed by atoms with Crippen LogP contribution in [0.15, 0.2) is 24.3 Å². The van der Waals surface area contributed by atoms with E-state index >= 15 is 0 Å². The maximum atomic E-state index is 12.3. The molecule has 0 saturated carbocycles. The van der Waals surface area contributed by atoms with Gasteiger partial charge in [0, 0.05) is 19.0 Å². The normalized spacial score (nSPS) is 21.9. The number of hydrogen-bond acceptors (Lipinski definition) is 4. The number of piperidine rings is 1. The van der Waals surface area contributed by atoms with Crippen molar-refractivity contribution in [1.82, 2.24) is 4.90 Å². The standard InChI is InChI=1S/C20H27NO4/c1-19(2,3)25-18(24)21-10-8-20(9-11-21)12-15(17(23)13-22)14-6-4-5-7-16(14)20/h4-7,15,22H,8-13H2,1-3H3/t15-/m0/s1. The van der Waals surface area contributed by atoms with Crippen LogP contribution in [0.5, 0.6) is 0 Å². The van der Waals surface area contributed by atoms with E-state index in [-0.39, 0.29) is 23.2 Å². The molecule has 0 radical (unpaired) electrons. The molecule has 0 aromatic heterocycles. The van der Waals surface area contributed by atoms with Crippen LogP contribution in [0.25, 0.3) is 0 Å². The van der Waals surface area contributed by atoms with Crippen LogP contribution >= 0.6 is 0 Å². The Morgan fingerprint density at radius 2 is 1.88 bits per heavy atom. The van der Waals surface area contributed by atoms with E-state index in [1.807, 2.05) is 39.0 Å². The summed E-state index contributed by atoms with van der Waals surface area (Å²) in [5, 5.41) is 9.31. The van der Waals surface area contributed by atoms with Crippen molar-refractivity contribution in [1.29, 1.82) is 0 Å². The number of amides is 1. The molecule has 5 heteroatoms. The third-order valence-corrected chi connectivity index (χ3v) is 5.42. The Labute approximate surface area is 149 Å². The van der Waals surface area contributed by atoms with Gasteiger partial charge in [0.15, 0.2) is 5.78 Å². The lowest BCUT2D eigenvalue weighted by Crippen LogP contribution is -2.46. The number of nitrogens with zero attached hydrogens (tertiary/aromatic N) is 1. The highest BCUT2D eigenvalue weighted by atomic mass is 16.6. The molecule has 1 saturated heterocycles. The number of carbonyl (C=O) groups excluding carboxylic acids is 2. The summed E-state index contributed by atoms with van der Waals surface area (Å²) < 4.78 is 5.47. The number of Topliss-reactive ketones (excluding diaryl/α,β-unsaturated/α-hetero) is 1. The number of aliphatic hydroxyl groups excluding tert-OH is 1. The smallest absolute Gasteiger partial charge is 0.410 e. The number of hydrogen-bond donors (Lipinski definition) is 1. The van der Waals surface area contributed by atoms with E-state index in [9.17, 15) is 14.7 Å². The molecule has 1 spiro atoms. The molecule has 1 heterocycles. The SMILES string of the molecule is CC(C)(C)OC(=O)N1CCC2(CC1)C[C@H](C(=O)CO)c1ccccc12. The summed E-state index contributed by atoms with van der Waals surface area (Å²) in [4.78, 5) is 26.3. The zero-order chi connectivity index (χ0) is 18.2. The van der Waals surface area contributed by atoms with Gasteiger partial charge in [-0.05, 0) is 56.6 Å². The van der Waals surface area contributed by atoms with Gasteiger partial charge < -0.3 is 14.7 Å². The molecule has 1 fully saturated rings. The number of fused-ring (bicyclic) bond motifs is 2. The molecule has 136 valence electrons. The van der Waals surface area contributed by atoms with Gasteiger partial charge in [-0.3, -0.25) is 4.79 Å². The third kappa shape index (κ3) is 3.43. The minimum Gasteiger partial charge on any atom is -0.444 e. The lowest BCUT2D eigenvalue weighted by atomic mass is 9.73. The highest BCUT2D eigenvalue weighted by molar-refractivity contribution is 5.88. The predicted octanol–water partition coefficient (Wildman–Crippen LogP) is 3.00. The van der Waals surface area contributed by atoms with Gasteiger partial charge in [-0.25, -0.2) is 4.79 Å². The molecule has 1 N–H and O–H groups in total.